The maximum Gasteiger partial charge on any atom is 0.261 e. The standard InChI is InChI=1S/C20H25N3O3S/c1-13-12-15(23-19(26)20(2,3)4)27-16(13)18(25)22-11-10-21-17(24)14-8-6-5-7-9-14/h5-9,12H,10-11H2,1-4H3,(H,21,24)(H,22,25)(H,23,26). The van der Waals surface area contributed by atoms with Crippen molar-refractivity contribution < 1.29 is 14.4 Å². The maximum absolute atomic E-state index is 12.4. The van der Waals surface area contributed by atoms with Gasteiger partial charge in [-0.25, -0.2) is 0 Å². The number of carbonyl (C=O) groups is 3. The van der Waals surface area contributed by atoms with Crippen LogP contribution in [0.3, 0.4) is 0 Å². The Labute approximate surface area is 163 Å². The zero-order valence-corrected chi connectivity index (χ0v) is 16.8. The molecule has 0 unspecified atom stereocenters. The van der Waals surface area contributed by atoms with Crippen LogP contribution in [-0.4, -0.2) is 30.8 Å². The minimum absolute atomic E-state index is 0.0978. The number of hydrogen-bond donors (Lipinski definition) is 3. The molecule has 0 aliphatic rings. The summed E-state index contributed by atoms with van der Waals surface area (Å²) < 4.78 is 0. The van der Waals surface area contributed by atoms with Gasteiger partial charge in [-0.1, -0.05) is 39.0 Å². The molecular weight excluding hydrogens is 362 g/mol. The highest BCUT2D eigenvalue weighted by Gasteiger charge is 2.23. The molecule has 0 spiro atoms. The molecular formula is C20H25N3O3S. The second-order valence-electron chi connectivity index (χ2n) is 7.20. The van der Waals surface area contributed by atoms with Gasteiger partial charge in [-0.2, -0.15) is 0 Å². The van der Waals surface area contributed by atoms with E-state index in [0.29, 0.717) is 28.5 Å². The highest BCUT2D eigenvalue weighted by molar-refractivity contribution is 7.18. The van der Waals surface area contributed by atoms with Crippen LogP contribution < -0.4 is 16.0 Å². The van der Waals surface area contributed by atoms with Crippen LogP contribution >= 0.6 is 11.3 Å². The second-order valence-corrected chi connectivity index (χ2v) is 8.26. The van der Waals surface area contributed by atoms with E-state index in [-0.39, 0.29) is 17.7 Å². The Morgan fingerprint density at radius 2 is 1.56 bits per heavy atom. The van der Waals surface area contributed by atoms with Crippen LogP contribution in [0.1, 0.15) is 46.4 Å². The third-order valence-electron chi connectivity index (χ3n) is 3.77. The van der Waals surface area contributed by atoms with Crippen molar-refractivity contribution in [2.75, 3.05) is 18.4 Å². The molecule has 2 rings (SSSR count). The lowest BCUT2D eigenvalue weighted by Gasteiger charge is -2.16. The zero-order valence-electron chi connectivity index (χ0n) is 16.0. The third-order valence-corrected chi connectivity index (χ3v) is 4.93. The molecule has 3 N–H and O–H groups in total. The Morgan fingerprint density at radius 1 is 0.963 bits per heavy atom. The van der Waals surface area contributed by atoms with E-state index in [9.17, 15) is 14.4 Å². The predicted octanol–water partition coefficient (Wildman–Crippen LogP) is 3.20. The number of aryl methyl sites for hydroxylation is 1. The van der Waals surface area contributed by atoms with Crippen LogP contribution in [0.4, 0.5) is 5.00 Å². The quantitative estimate of drug-likeness (QED) is 0.665. The average molecular weight is 388 g/mol. The molecule has 2 aromatic rings. The summed E-state index contributed by atoms with van der Waals surface area (Å²) in [5.41, 5.74) is 0.879. The smallest absolute Gasteiger partial charge is 0.261 e. The summed E-state index contributed by atoms with van der Waals surface area (Å²) in [6.07, 6.45) is 0. The van der Waals surface area contributed by atoms with Crippen molar-refractivity contribution in [2.45, 2.75) is 27.7 Å². The first-order valence-corrected chi connectivity index (χ1v) is 9.53. The van der Waals surface area contributed by atoms with Crippen molar-refractivity contribution in [3.05, 3.63) is 52.4 Å². The van der Waals surface area contributed by atoms with Gasteiger partial charge in [-0.15, -0.1) is 11.3 Å². The van der Waals surface area contributed by atoms with E-state index in [1.54, 1.807) is 30.3 Å². The Bertz CT molecular complexity index is 823. The molecule has 0 aliphatic carbocycles. The van der Waals surface area contributed by atoms with Gasteiger partial charge in [-0.05, 0) is 30.7 Å². The van der Waals surface area contributed by atoms with Gasteiger partial charge in [0.25, 0.3) is 11.8 Å². The Kier molecular flexibility index (Phi) is 6.74. The van der Waals surface area contributed by atoms with Crippen LogP contribution in [0.25, 0.3) is 0 Å². The summed E-state index contributed by atoms with van der Waals surface area (Å²) >= 11 is 1.24. The van der Waals surface area contributed by atoms with Crippen molar-refractivity contribution >= 4 is 34.1 Å². The molecule has 144 valence electrons. The summed E-state index contributed by atoms with van der Waals surface area (Å²) in [6, 6.07) is 10.7. The number of rotatable bonds is 6. The summed E-state index contributed by atoms with van der Waals surface area (Å²) in [5, 5.41) is 9.04. The molecule has 1 aromatic heterocycles. The number of anilines is 1. The first-order valence-electron chi connectivity index (χ1n) is 8.72. The summed E-state index contributed by atoms with van der Waals surface area (Å²) in [7, 11) is 0. The molecule has 0 fully saturated rings. The second kappa shape index (κ2) is 8.81. The lowest BCUT2D eigenvalue weighted by Crippen LogP contribution is -2.34. The van der Waals surface area contributed by atoms with Gasteiger partial charge in [0, 0.05) is 24.1 Å². The first kappa shape index (κ1) is 20.6. The Balaban J connectivity index is 1.84. The molecule has 7 heteroatoms. The van der Waals surface area contributed by atoms with Crippen LogP contribution in [0.2, 0.25) is 0 Å². The number of thiophene rings is 1. The number of benzene rings is 1. The molecule has 6 nitrogen and oxygen atoms in total. The van der Waals surface area contributed by atoms with Crippen LogP contribution in [0.15, 0.2) is 36.4 Å². The Hall–Kier alpha value is -2.67. The molecule has 0 saturated heterocycles. The van der Waals surface area contributed by atoms with E-state index >= 15 is 0 Å². The van der Waals surface area contributed by atoms with E-state index in [4.69, 9.17) is 0 Å². The van der Waals surface area contributed by atoms with Crippen LogP contribution in [0, 0.1) is 12.3 Å². The van der Waals surface area contributed by atoms with Gasteiger partial charge in [-0.3, -0.25) is 14.4 Å². The third kappa shape index (κ3) is 5.92. The van der Waals surface area contributed by atoms with Crippen LogP contribution in [-0.2, 0) is 4.79 Å². The van der Waals surface area contributed by atoms with Crippen molar-refractivity contribution in [1.82, 2.24) is 10.6 Å². The zero-order chi connectivity index (χ0) is 20.0. The molecule has 0 bridgehead atoms. The van der Waals surface area contributed by atoms with Crippen molar-refractivity contribution in [2.24, 2.45) is 5.41 Å². The molecule has 1 heterocycles. The normalized spacial score (nSPS) is 11.0. The fraction of sp³-hybridized carbons (Fsp3) is 0.350. The molecule has 1 aromatic carbocycles. The molecule has 0 radical (unpaired) electrons. The summed E-state index contributed by atoms with van der Waals surface area (Å²) in [5.74, 6) is -0.494. The van der Waals surface area contributed by atoms with Gasteiger partial charge in [0.05, 0.1) is 9.88 Å². The predicted molar refractivity (Wildman–Crippen MR) is 108 cm³/mol. The van der Waals surface area contributed by atoms with E-state index in [1.165, 1.54) is 11.3 Å². The molecule has 3 amide bonds. The topological polar surface area (TPSA) is 87.3 Å². The number of carbonyl (C=O) groups excluding carboxylic acids is 3. The fourth-order valence-electron chi connectivity index (χ4n) is 2.19. The van der Waals surface area contributed by atoms with E-state index in [1.807, 2.05) is 33.8 Å². The number of nitrogens with one attached hydrogen (secondary N) is 3. The van der Waals surface area contributed by atoms with Gasteiger partial charge in [0.1, 0.15) is 0 Å². The molecule has 0 aliphatic heterocycles. The van der Waals surface area contributed by atoms with Gasteiger partial charge in [0.15, 0.2) is 0 Å². The molecule has 0 saturated carbocycles. The fourth-order valence-corrected chi connectivity index (χ4v) is 3.18. The Morgan fingerprint density at radius 3 is 2.15 bits per heavy atom. The van der Waals surface area contributed by atoms with E-state index in [0.717, 1.165) is 5.56 Å². The minimum atomic E-state index is -0.503. The van der Waals surface area contributed by atoms with Crippen molar-refractivity contribution in [1.29, 1.82) is 0 Å². The average Bonchev–Trinajstić information content (AvgIpc) is 2.98. The number of amides is 3. The van der Waals surface area contributed by atoms with Gasteiger partial charge >= 0.3 is 0 Å². The SMILES string of the molecule is Cc1cc(NC(=O)C(C)(C)C)sc1C(=O)NCCNC(=O)c1ccccc1. The first-order chi connectivity index (χ1) is 12.7. The van der Waals surface area contributed by atoms with Crippen molar-refractivity contribution in [3.63, 3.8) is 0 Å². The van der Waals surface area contributed by atoms with Crippen molar-refractivity contribution in [3.8, 4) is 0 Å². The molecule has 27 heavy (non-hydrogen) atoms. The van der Waals surface area contributed by atoms with E-state index in [2.05, 4.69) is 16.0 Å². The van der Waals surface area contributed by atoms with Gasteiger partial charge in [0.2, 0.25) is 5.91 Å². The van der Waals surface area contributed by atoms with Gasteiger partial charge < -0.3 is 16.0 Å². The number of hydrogen-bond acceptors (Lipinski definition) is 4. The summed E-state index contributed by atoms with van der Waals surface area (Å²) in [4.78, 5) is 36.9. The summed E-state index contributed by atoms with van der Waals surface area (Å²) in [6.45, 7) is 7.98. The highest BCUT2D eigenvalue weighted by atomic mass is 32.1. The lowest BCUT2D eigenvalue weighted by atomic mass is 9.96. The van der Waals surface area contributed by atoms with E-state index < -0.39 is 5.41 Å². The maximum atomic E-state index is 12.4. The minimum Gasteiger partial charge on any atom is -0.350 e. The highest BCUT2D eigenvalue weighted by Crippen LogP contribution is 2.28. The largest absolute Gasteiger partial charge is 0.350 e. The molecule has 0 atom stereocenters. The monoisotopic (exact) mass is 387 g/mol. The van der Waals surface area contributed by atoms with Crippen LogP contribution in [0.5, 0.6) is 0 Å². The lowest BCUT2D eigenvalue weighted by molar-refractivity contribution is -0.123.